The second-order valence-corrected chi connectivity index (χ2v) is 6.10. The molecule has 0 saturated heterocycles. The zero-order valence-electron chi connectivity index (χ0n) is 16.2. The number of nitrogens with one attached hydrogen (secondary N) is 2. The Morgan fingerprint density at radius 1 is 1.11 bits per heavy atom. The third-order valence-corrected chi connectivity index (χ3v) is 4.49. The van der Waals surface area contributed by atoms with Gasteiger partial charge >= 0.3 is 5.97 Å². The van der Waals surface area contributed by atoms with Gasteiger partial charge in [-0.25, -0.2) is 4.79 Å². The monoisotopic (exact) mass is 396 g/mol. The molecule has 0 saturated carbocycles. The largest absolute Gasteiger partial charge is 0.493 e. The molecular weight excluding hydrogens is 372 g/mol. The maximum Gasteiger partial charge on any atom is 0.356 e. The number of carbonyl (C=O) groups is 1. The molecular formula is C19H25ClN2O5. The first kappa shape index (κ1) is 20.9. The zero-order chi connectivity index (χ0) is 20.0. The molecule has 2 aromatic rings. The second kappa shape index (κ2) is 9.53. The Balaban J connectivity index is 2.68. The molecule has 0 radical (unpaired) electrons. The fourth-order valence-electron chi connectivity index (χ4n) is 2.87. The molecule has 27 heavy (non-hydrogen) atoms. The Labute approximate surface area is 163 Å². The summed E-state index contributed by atoms with van der Waals surface area (Å²) in [4.78, 5) is 15.2. The Hall–Kier alpha value is -2.38. The number of rotatable bonds is 9. The summed E-state index contributed by atoms with van der Waals surface area (Å²) in [6.07, 6.45) is 0.979. The highest BCUT2D eigenvalue weighted by atomic mass is 35.5. The van der Waals surface area contributed by atoms with E-state index in [-0.39, 0.29) is 10.7 Å². The first-order valence-corrected chi connectivity index (χ1v) is 8.90. The highest BCUT2D eigenvalue weighted by Gasteiger charge is 2.26. The van der Waals surface area contributed by atoms with E-state index in [1.54, 1.807) is 13.2 Å². The number of aromatic amines is 1. The van der Waals surface area contributed by atoms with E-state index in [0.29, 0.717) is 34.9 Å². The SMILES string of the molecule is CCCNCc1[nH]c(C(=O)OC)c(Cl)c1-c1ccc(OC)c(OC)c1OC. The van der Waals surface area contributed by atoms with Gasteiger partial charge in [0.25, 0.3) is 0 Å². The summed E-state index contributed by atoms with van der Waals surface area (Å²) in [6, 6.07) is 3.58. The Morgan fingerprint density at radius 2 is 1.81 bits per heavy atom. The smallest absolute Gasteiger partial charge is 0.356 e. The highest BCUT2D eigenvalue weighted by molar-refractivity contribution is 6.36. The van der Waals surface area contributed by atoms with E-state index in [9.17, 15) is 4.79 Å². The van der Waals surface area contributed by atoms with Crippen molar-refractivity contribution >= 4 is 17.6 Å². The van der Waals surface area contributed by atoms with Crippen LogP contribution in [0.3, 0.4) is 0 Å². The number of carbonyl (C=O) groups excluding carboxylic acids is 1. The van der Waals surface area contributed by atoms with Crippen LogP contribution in [0.4, 0.5) is 0 Å². The van der Waals surface area contributed by atoms with Crippen LogP contribution in [0, 0.1) is 0 Å². The number of esters is 1. The number of H-pyrrole nitrogens is 1. The molecule has 1 heterocycles. The fraction of sp³-hybridized carbons (Fsp3) is 0.421. The molecule has 1 aromatic carbocycles. The van der Waals surface area contributed by atoms with Crippen molar-refractivity contribution in [2.45, 2.75) is 19.9 Å². The Kier molecular flexibility index (Phi) is 7.38. The Morgan fingerprint density at radius 3 is 2.37 bits per heavy atom. The maximum atomic E-state index is 12.1. The predicted molar refractivity (Wildman–Crippen MR) is 104 cm³/mol. The van der Waals surface area contributed by atoms with Gasteiger partial charge in [0.1, 0.15) is 5.69 Å². The van der Waals surface area contributed by atoms with Crippen LogP contribution in [-0.2, 0) is 11.3 Å². The highest BCUT2D eigenvalue weighted by Crippen LogP contribution is 2.47. The minimum absolute atomic E-state index is 0.194. The number of hydrogen-bond acceptors (Lipinski definition) is 6. The van der Waals surface area contributed by atoms with Crippen LogP contribution in [0.1, 0.15) is 29.5 Å². The van der Waals surface area contributed by atoms with E-state index >= 15 is 0 Å². The van der Waals surface area contributed by atoms with Gasteiger partial charge < -0.3 is 29.2 Å². The van der Waals surface area contributed by atoms with E-state index in [1.165, 1.54) is 21.3 Å². The number of hydrogen-bond donors (Lipinski definition) is 2. The van der Waals surface area contributed by atoms with Crippen LogP contribution < -0.4 is 19.5 Å². The van der Waals surface area contributed by atoms with Crippen molar-refractivity contribution in [1.82, 2.24) is 10.3 Å². The van der Waals surface area contributed by atoms with Gasteiger partial charge in [-0.2, -0.15) is 0 Å². The van der Waals surface area contributed by atoms with Crippen molar-refractivity contribution in [3.05, 3.63) is 28.5 Å². The fourth-order valence-corrected chi connectivity index (χ4v) is 3.21. The van der Waals surface area contributed by atoms with Crippen LogP contribution in [-0.4, -0.2) is 45.9 Å². The standard InChI is InChI=1S/C19H25ClN2O5/c1-6-9-21-10-12-14(15(20)16(22-12)19(23)27-5)11-7-8-13(24-2)18(26-4)17(11)25-3/h7-8,21-22H,6,9-10H2,1-5H3. The molecule has 0 fully saturated rings. The van der Waals surface area contributed by atoms with E-state index in [4.69, 9.17) is 30.5 Å². The van der Waals surface area contributed by atoms with Crippen LogP contribution in [0.25, 0.3) is 11.1 Å². The van der Waals surface area contributed by atoms with Gasteiger partial charge in [0, 0.05) is 23.4 Å². The molecule has 0 atom stereocenters. The summed E-state index contributed by atoms with van der Waals surface area (Å²) in [5.74, 6) is 0.902. The number of ether oxygens (including phenoxy) is 4. The quantitative estimate of drug-likeness (QED) is 0.497. The summed E-state index contributed by atoms with van der Waals surface area (Å²) < 4.78 is 21.2. The second-order valence-electron chi connectivity index (χ2n) is 5.72. The van der Waals surface area contributed by atoms with E-state index in [2.05, 4.69) is 17.2 Å². The first-order chi connectivity index (χ1) is 13.0. The molecule has 2 N–H and O–H groups in total. The normalized spacial score (nSPS) is 10.6. The molecule has 0 spiro atoms. The van der Waals surface area contributed by atoms with Gasteiger partial charge in [-0.1, -0.05) is 18.5 Å². The van der Waals surface area contributed by atoms with Crippen molar-refractivity contribution in [2.24, 2.45) is 0 Å². The number of aromatic nitrogens is 1. The van der Waals surface area contributed by atoms with E-state index in [1.807, 2.05) is 6.07 Å². The molecule has 7 nitrogen and oxygen atoms in total. The number of benzene rings is 1. The molecule has 0 aliphatic rings. The van der Waals surface area contributed by atoms with Crippen molar-refractivity contribution < 1.29 is 23.7 Å². The number of methoxy groups -OCH3 is 4. The van der Waals surface area contributed by atoms with E-state index in [0.717, 1.165) is 18.7 Å². The average Bonchev–Trinajstić information content (AvgIpc) is 3.02. The lowest BCUT2D eigenvalue weighted by Gasteiger charge is -2.16. The van der Waals surface area contributed by atoms with Gasteiger partial charge in [-0.15, -0.1) is 0 Å². The predicted octanol–water partition coefficient (Wildman–Crippen LogP) is 3.65. The molecule has 0 amide bonds. The molecule has 8 heteroatoms. The number of halogens is 1. The van der Waals surface area contributed by atoms with Crippen LogP contribution >= 0.6 is 11.6 Å². The topological polar surface area (TPSA) is 81.8 Å². The van der Waals surface area contributed by atoms with Crippen molar-refractivity contribution in [2.75, 3.05) is 35.0 Å². The summed E-state index contributed by atoms with van der Waals surface area (Å²) in [5.41, 5.74) is 2.27. The lowest BCUT2D eigenvalue weighted by Crippen LogP contribution is -2.15. The van der Waals surface area contributed by atoms with Crippen LogP contribution in [0.2, 0.25) is 5.02 Å². The molecule has 0 aliphatic heterocycles. The minimum Gasteiger partial charge on any atom is -0.493 e. The molecule has 2 rings (SSSR count). The summed E-state index contributed by atoms with van der Waals surface area (Å²) >= 11 is 6.56. The van der Waals surface area contributed by atoms with Gasteiger partial charge in [-0.05, 0) is 25.1 Å². The van der Waals surface area contributed by atoms with Crippen molar-refractivity contribution in [1.29, 1.82) is 0 Å². The van der Waals surface area contributed by atoms with Crippen molar-refractivity contribution in [3.8, 4) is 28.4 Å². The lowest BCUT2D eigenvalue weighted by molar-refractivity contribution is 0.0595. The van der Waals surface area contributed by atoms with Crippen molar-refractivity contribution in [3.63, 3.8) is 0 Å². The summed E-state index contributed by atoms with van der Waals surface area (Å²) in [7, 11) is 5.94. The first-order valence-electron chi connectivity index (χ1n) is 8.52. The minimum atomic E-state index is -0.539. The van der Waals surface area contributed by atoms with Gasteiger partial charge in [0.2, 0.25) is 5.75 Å². The van der Waals surface area contributed by atoms with Gasteiger partial charge in [-0.3, -0.25) is 0 Å². The zero-order valence-corrected chi connectivity index (χ0v) is 17.0. The molecule has 0 aliphatic carbocycles. The van der Waals surface area contributed by atoms with Gasteiger partial charge in [0.15, 0.2) is 11.5 Å². The summed E-state index contributed by atoms with van der Waals surface area (Å²) in [5, 5.41) is 3.57. The summed E-state index contributed by atoms with van der Waals surface area (Å²) in [6.45, 7) is 3.40. The molecule has 0 unspecified atom stereocenters. The van der Waals surface area contributed by atoms with Crippen LogP contribution in [0.15, 0.2) is 12.1 Å². The maximum absolute atomic E-state index is 12.1. The van der Waals surface area contributed by atoms with Gasteiger partial charge in [0.05, 0.1) is 33.5 Å². The average molecular weight is 397 g/mol. The lowest BCUT2D eigenvalue weighted by atomic mass is 10.0. The Bertz CT molecular complexity index is 804. The van der Waals surface area contributed by atoms with Crippen LogP contribution in [0.5, 0.6) is 17.2 Å². The molecule has 0 bridgehead atoms. The molecule has 148 valence electrons. The third-order valence-electron chi connectivity index (χ3n) is 4.11. The van der Waals surface area contributed by atoms with E-state index < -0.39 is 5.97 Å². The molecule has 1 aromatic heterocycles. The third kappa shape index (κ3) is 4.14.